The van der Waals surface area contributed by atoms with E-state index < -0.39 is 0 Å². The van der Waals surface area contributed by atoms with Crippen LogP contribution in [-0.2, 0) is 0 Å². The Morgan fingerprint density at radius 1 is 1.47 bits per heavy atom. The highest BCUT2D eigenvalue weighted by Crippen LogP contribution is 2.52. The smallest absolute Gasteiger partial charge is 0.108 e. The average molecular weight is 266 g/mol. The maximum absolute atomic E-state index is 9.36. The van der Waals surface area contributed by atoms with Gasteiger partial charge in [0.2, 0.25) is 0 Å². The zero-order valence-corrected chi connectivity index (χ0v) is 11.5. The lowest BCUT2D eigenvalue weighted by Crippen LogP contribution is -2.39. The number of halogens is 1. The first-order chi connectivity index (χ1) is 8.19. The van der Waals surface area contributed by atoms with Gasteiger partial charge >= 0.3 is 0 Å². The van der Waals surface area contributed by atoms with Crippen molar-refractivity contribution in [3.05, 3.63) is 29.3 Å². The summed E-state index contributed by atoms with van der Waals surface area (Å²) < 4.78 is -0.231. The van der Waals surface area contributed by atoms with Crippen LogP contribution in [0.1, 0.15) is 32.6 Å². The van der Waals surface area contributed by atoms with Crippen molar-refractivity contribution in [3.63, 3.8) is 0 Å². The summed E-state index contributed by atoms with van der Waals surface area (Å²) in [6, 6.07) is 10.3. The van der Waals surface area contributed by atoms with E-state index in [1.54, 1.807) is 11.8 Å². The zero-order valence-electron chi connectivity index (χ0n) is 9.95. The third-order valence-electron chi connectivity index (χ3n) is 3.28. The molecule has 0 heterocycles. The van der Waals surface area contributed by atoms with E-state index in [0.29, 0.717) is 0 Å². The fourth-order valence-corrected chi connectivity index (χ4v) is 4.09. The van der Waals surface area contributed by atoms with Gasteiger partial charge in [0, 0.05) is 4.90 Å². The number of benzene rings is 1. The summed E-state index contributed by atoms with van der Waals surface area (Å²) in [5.41, 5.74) is 0. The molecule has 2 rings (SSSR count). The molecule has 1 nitrogen and oxygen atoms in total. The largest absolute Gasteiger partial charge is 0.197 e. The topological polar surface area (TPSA) is 23.8 Å². The minimum atomic E-state index is -0.231. The second-order valence-corrected chi connectivity index (χ2v) is 6.53. The molecule has 1 aliphatic rings. The SMILES string of the molecule is CCCC1CC(C#N)(Sc2ccccc2Cl)C1. The first kappa shape index (κ1) is 12.8. The summed E-state index contributed by atoms with van der Waals surface area (Å²) in [5, 5.41) is 10.1. The van der Waals surface area contributed by atoms with Crippen molar-refractivity contribution in [1.29, 1.82) is 5.26 Å². The molecular formula is C14H16ClNS. The van der Waals surface area contributed by atoms with E-state index in [-0.39, 0.29) is 4.75 Å². The van der Waals surface area contributed by atoms with E-state index in [9.17, 15) is 5.26 Å². The first-order valence-electron chi connectivity index (χ1n) is 6.04. The summed E-state index contributed by atoms with van der Waals surface area (Å²) in [5.74, 6) is 0.731. The second kappa shape index (κ2) is 5.33. The van der Waals surface area contributed by atoms with Gasteiger partial charge in [-0.2, -0.15) is 5.26 Å². The fraction of sp³-hybridized carbons (Fsp3) is 0.500. The molecule has 0 N–H and O–H groups in total. The average Bonchev–Trinajstić information content (AvgIpc) is 2.29. The lowest BCUT2D eigenvalue weighted by molar-refractivity contribution is 0.258. The van der Waals surface area contributed by atoms with E-state index in [2.05, 4.69) is 13.0 Å². The Balaban J connectivity index is 2.04. The van der Waals surface area contributed by atoms with Gasteiger partial charge < -0.3 is 0 Å². The molecule has 1 saturated carbocycles. The molecule has 1 fully saturated rings. The summed E-state index contributed by atoms with van der Waals surface area (Å²) in [4.78, 5) is 1.03. The van der Waals surface area contributed by atoms with Gasteiger partial charge in [0.25, 0.3) is 0 Å². The Bertz CT molecular complexity index is 432. The van der Waals surface area contributed by atoms with Gasteiger partial charge in [-0.15, -0.1) is 11.8 Å². The molecule has 1 aromatic carbocycles. The molecule has 0 aromatic heterocycles. The second-order valence-electron chi connectivity index (χ2n) is 4.70. The Kier molecular flexibility index (Phi) is 4.01. The summed E-state index contributed by atoms with van der Waals surface area (Å²) in [6.07, 6.45) is 4.47. The molecule has 1 aliphatic carbocycles. The van der Waals surface area contributed by atoms with Crippen LogP contribution in [0.5, 0.6) is 0 Å². The summed E-state index contributed by atoms with van der Waals surface area (Å²) in [7, 11) is 0. The van der Waals surface area contributed by atoms with E-state index in [0.717, 1.165) is 28.7 Å². The van der Waals surface area contributed by atoms with Crippen LogP contribution in [0.3, 0.4) is 0 Å². The molecule has 0 radical (unpaired) electrons. The Morgan fingerprint density at radius 3 is 2.76 bits per heavy atom. The molecule has 0 spiro atoms. The van der Waals surface area contributed by atoms with E-state index >= 15 is 0 Å². The maximum atomic E-state index is 9.36. The van der Waals surface area contributed by atoms with Crippen molar-refractivity contribution in [3.8, 4) is 6.07 Å². The van der Waals surface area contributed by atoms with E-state index in [1.165, 1.54) is 12.8 Å². The third-order valence-corrected chi connectivity index (χ3v) is 5.11. The van der Waals surface area contributed by atoms with Crippen molar-refractivity contribution in [2.45, 2.75) is 42.2 Å². The van der Waals surface area contributed by atoms with Crippen LogP contribution in [0, 0.1) is 17.2 Å². The van der Waals surface area contributed by atoms with Crippen molar-refractivity contribution >= 4 is 23.4 Å². The van der Waals surface area contributed by atoms with Crippen LogP contribution in [0.4, 0.5) is 0 Å². The predicted octanol–water partition coefficient (Wildman–Crippen LogP) is 4.90. The van der Waals surface area contributed by atoms with Gasteiger partial charge in [0.05, 0.1) is 11.1 Å². The van der Waals surface area contributed by atoms with Crippen LogP contribution in [0.2, 0.25) is 5.02 Å². The minimum absolute atomic E-state index is 0.231. The van der Waals surface area contributed by atoms with Crippen molar-refractivity contribution < 1.29 is 0 Å². The lowest BCUT2D eigenvalue weighted by Gasteiger charge is -2.42. The molecule has 0 amide bonds. The maximum Gasteiger partial charge on any atom is 0.108 e. The number of nitriles is 1. The molecule has 3 heteroatoms. The monoisotopic (exact) mass is 265 g/mol. The van der Waals surface area contributed by atoms with Crippen LogP contribution in [0.25, 0.3) is 0 Å². The van der Waals surface area contributed by atoms with Crippen LogP contribution < -0.4 is 0 Å². The lowest BCUT2D eigenvalue weighted by atomic mass is 9.73. The molecule has 0 atom stereocenters. The summed E-state index contributed by atoms with van der Waals surface area (Å²) >= 11 is 7.78. The molecule has 17 heavy (non-hydrogen) atoms. The first-order valence-corrected chi connectivity index (χ1v) is 7.23. The molecular weight excluding hydrogens is 250 g/mol. The van der Waals surface area contributed by atoms with Crippen molar-refractivity contribution in [1.82, 2.24) is 0 Å². The van der Waals surface area contributed by atoms with Crippen LogP contribution >= 0.6 is 23.4 Å². The highest BCUT2D eigenvalue weighted by Gasteiger charge is 2.45. The number of rotatable bonds is 4. The summed E-state index contributed by atoms with van der Waals surface area (Å²) in [6.45, 7) is 2.20. The van der Waals surface area contributed by atoms with Gasteiger partial charge in [0.1, 0.15) is 4.75 Å². The fourth-order valence-electron chi connectivity index (χ4n) is 2.42. The third kappa shape index (κ3) is 2.78. The molecule has 90 valence electrons. The predicted molar refractivity (Wildman–Crippen MR) is 73.3 cm³/mol. The van der Waals surface area contributed by atoms with Gasteiger partial charge in [0.15, 0.2) is 0 Å². The Morgan fingerprint density at radius 2 is 2.18 bits per heavy atom. The van der Waals surface area contributed by atoms with Gasteiger partial charge in [-0.25, -0.2) is 0 Å². The normalized spacial score (nSPS) is 27.2. The van der Waals surface area contributed by atoms with Gasteiger partial charge in [-0.1, -0.05) is 43.5 Å². The van der Waals surface area contributed by atoms with Crippen LogP contribution in [-0.4, -0.2) is 4.75 Å². The molecule has 0 aliphatic heterocycles. The minimum Gasteiger partial charge on any atom is -0.197 e. The van der Waals surface area contributed by atoms with E-state index in [4.69, 9.17) is 11.6 Å². The number of hydrogen-bond acceptors (Lipinski definition) is 2. The number of thioether (sulfide) groups is 1. The van der Waals surface area contributed by atoms with Crippen molar-refractivity contribution in [2.75, 3.05) is 0 Å². The Hall–Kier alpha value is -0.650. The number of nitrogens with zero attached hydrogens (tertiary/aromatic N) is 1. The standard InChI is InChI=1S/C14H16ClNS/c1-2-5-11-8-14(9-11,10-16)17-13-7-4-3-6-12(13)15/h3-4,6-7,11H,2,5,8-9H2,1H3. The molecule has 0 saturated heterocycles. The molecule has 0 unspecified atom stereocenters. The van der Waals surface area contributed by atoms with Gasteiger partial charge in [-0.05, 0) is 30.9 Å². The number of hydrogen-bond donors (Lipinski definition) is 0. The highest BCUT2D eigenvalue weighted by molar-refractivity contribution is 8.01. The quantitative estimate of drug-likeness (QED) is 0.773. The van der Waals surface area contributed by atoms with Crippen molar-refractivity contribution in [2.24, 2.45) is 5.92 Å². The Labute approximate surface area is 112 Å². The highest BCUT2D eigenvalue weighted by atomic mass is 35.5. The molecule has 1 aromatic rings. The molecule has 0 bridgehead atoms. The zero-order chi connectivity index (χ0) is 12.3. The van der Waals surface area contributed by atoms with E-state index in [1.807, 2.05) is 24.3 Å². The van der Waals surface area contributed by atoms with Gasteiger partial charge in [-0.3, -0.25) is 0 Å². The van der Waals surface area contributed by atoms with Crippen LogP contribution in [0.15, 0.2) is 29.2 Å².